The minimum absolute atomic E-state index is 0.0153. The Kier molecular flexibility index (Phi) is 6.89. The fourth-order valence-corrected chi connectivity index (χ4v) is 3.08. The van der Waals surface area contributed by atoms with E-state index in [0.29, 0.717) is 18.8 Å². The van der Waals surface area contributed by atoms with E-state index in [-0.39, 0.29) is 12.5 Å². The van der Waals surface area contributed by atoms with Crippen molar-refractivity contribution in [3.63, 3.8) is 0 Å². The van der Waals surface area contributed by atoms with E-state index in [2.05, 4.69) is 39.9 Å². The van der Waals surface area contributed by atoms with Crippen LogP contribution in [0.1, 0.15) is 25.0 Å². The van der Waals surface area contributed by atoms with Gasteiger partial charge in [0.1, 0.15) is 5.75 Å². The van der Waals surface area contributed by atoms with Crippen molar-refractivity contribution in [3.05, 3.63) is 59.7 Å². The lowest BCUT2D eigenvalue weighted by Gasteiger charge is -2.18. The topological polar surface area (TPSA) is 66.0 Å². The molecule has 2 aromatic rings. The maximum absolute atomic E-state index is 12.0. The van der Waals surface area contributed by atoms with Crippen LogP contribution in [-0.2, 0) is 11.2 Å². The third-order valence-electron chi connectivity index (χ3n) is 4.70. The number of rotatable bonds is 8. The molecule has 0 aliphatic carbocycles. The third-order valence-corrected chi connectivity index (χ3v) is 4.70. The number of ether oxygens (including phenoxy) is 1. The Morgan fingerprint density at radius 2 is 1.71 bits per heavy atom. The molecule has 2 aromatic carbocycles. The minimum atomic E-state index is 0.0153. The van der Waals surface area contributed by atoms with Gasteiger partial charge in [0.05, 0.1) is 6.54 Å². The summed E-state index contributed by atoms with van der Waals surface area (Å²) in [6.45, 7) is 7.15. The van der Waals surface area contributed by atoms with Crippen LogP contribution in [0.15, 0.2) is 53.5 Å². The van der Waals surface area contributed by atoms with Gasteiger partial charge in [0.25, 0.3) is 5.91 Å². The second-order valence-corrected chi connectivity index (χ2v) is 6.65. The highest BCUT2D eigenvalue weighted by Crippen LogP contribution is 2.17. The average molecular weight is 380 g/mol. The summed E-state index contributed by atoms with van der Waals surface area (Å²) in [6, 6.07) is 16.3. The first-order valence-corrected chi connectivity index (χ1v) is 9.81. The molecule has 0 radical (unpaired) electrons. The number of amides is 1. The molecule has 0 atom stereocenters. The highest BCUT2D eigenvalue weighted by atomic mass is 16.5. The number of carbonyl (C=O) groups excluding carboxylic acids is 1. The lowest BCUT2D eigenvalue weighted by atomic mass is 10.0. The summed E-state index contributed by atoms with van der Waals surface area (Å²) in [5.74, 6) is 1.57. The second kappa shape index (κ2) is 9.78. The number of nitrogens with zero attached hydrogens (tertiary/aromatic N) is 2. The lowest BCUT2D eigenvalue weighted by Crippen LogP contribution is -2.34. The van der Waals surface area contributed by atoms with E-state index in [4.69, 9.17) is 4.74 Å². The first kappa shape index (κ1) is 19.7. The molecule has 0 bridgehead atoms. The maximum atomic E-state index is 12.0. The van der Waals surface area contributed by atoms with E-state index in [1.807, 2.05) is 38.1 Å². The summed E-state index contributed by atoms with van der Waals surface area (Å²) < 4.78 is 5.62. The van der Waals surface area contributed by atoms with Gasteiger partial charge in [0.2, 0.25) is 0 Å². The van der Waals surface area contributed by atoms with Gasteiger partial charge in [0.15, 0.2) is 12.6 Å². The normalized spacial score (nSPS) is 12.9. The summed E-state index contributed by atoms with van der Waals surface area (Å²) in [4.78, 5) is 18.1. The zero-order valence-corrected chi connectivity index (χ0v) is 16.6. The number of anilines is 1. The van der Waals surface area contributed by atoms with Gasteiger partial charge < -0.3 is 20.3 Å². The van der Waals surface area contributed by atoms with Gasteiger partial charge in [-0.25, -0.2) is 0 Å². The lowest BCUT2D eigenvalue weighted by molar-refractivity contribution is -0.132. The Morgan fingerprint density at radius 1 is 1.07 bits per heavy atom. The van der Waals surface area contributed by atoms with E-state index in [1.54, 1.807) is 4.90 Å². The van der Waals surface area contributed by atoms with Crippen LogP contribution >= 0.6 is 0 Å². The van der Waals surface area contributed by atoms with E-state index in [0.717, 1.165) is 31.2 Å². The van der Waals surface area contributed by atoms with Crippen LogP contribution in [0.4, 0.5) is 5.69 Å². The zero-order valence-electron chi connectivity index (χ0n) is 16.6. The van der Waals surface area contributed by atoms with Gasteiger partial charge in [-0.2, -0.15) is 0 Å². The highest BCUT2D eigenvalue weighted by Gasteiger charge is 2.10. The summed E-state index contributed by atoms with van der Waals surface area (Å²) in [6.07, 6.45) is 0.845. The SMILES string of the molecule is CCN(CC)C(=O)COc1ccc(Cc2ccc(NC3=NCCN3)cc2)cc1. The van der Waals surface area contributed by atoms with Gasteiger partial charge >= 0.3 is 0 Å². The number of likely N-dealkylation sites (N-methyl/N-ethyl adjacent to an activating group) is 1. The molecule has 0 saturated heterocycles. The smallest absolute Gasteiger partial charge is 0.260 e. The molecule has 28 heavy (non-hydrogen) atoms. The molecule has 2 N–H and O–H groups in total. The van der Waals surface area contributed by atoms with Crippen molar-refractivity contribution in [2.24, 2.45) is 4.99 Å². The number of guanidine groups is 1. The quantitative estimate of drug-likeness (QED) is 0.739. The number of hydrogen-bond acceptors (Lipinski definition) is 5. The van der Waals surface area contributed by atoms with Crippen LogP contribution in [0.2, 0.25) is 0 Å². The average Bonchev–Trinajstić information content (AvgIpc) is 3.23. The van der Waals surface area contributed by atoms with E-state index in [1.165, 1.54) is 11.1 Å². The Balaban J connectivity index is 1.50. The van der Waals surface area contributed by atoms with E-state index < -0.39 is 0 Å². The molecule has 3 rings (SSSR count). The molecular weight excluding hydrogens is 352 g/mol. The molecule has 0 spiro atoms. The molecule has 0 unspecified atom stereocenters. The summed E-state index contributed by atoms with van der Waals surface area (Å²) in [5.41, 5.74) is 3.46. The number of benzene rings is 2. The Morgan fingerprint density at radius 3 is 2.29 bits per heavy atom. The van der Waals surface area contributed by atoms with Crippen LogP contribution in [0.25, 0.3) is 0 Å². The number of aliphatic imine (C=N–C) groups is 1. The molecule has 6 heteroatoms. The van der Waals surface area contributed by atoms with Gasteiger partial charge in [-0.05, 0) is 55.7 Å². The highest BCUT2D eigenvalue weighted by molar-refractivity contribution is 5.94. The molecule has 148 valence electrons. The third kappa shape index (κ3) is 5.49. The van der Waals surface area contributed by atoms with Crippen molar-refractivity contribution in [1.29, 1.82) is 0 Å². The van der Waals surface area contributed by atoms with Crippen LogP contribution < -0.4 is 15.4 Å². The van der Waals surface area contributed by atoms with Gasteiger partial charge in [-0.3, -0.25) is 9.79 Å². The Bertz CT molecular complexity index is 796. The summed E-state index contributed by atoms with van der Waals surface area (Å²) in [7, 11) is 0. The predicted octanol–water partition coefficient (Wildman–Crippen LogP) is 2.90. The number of hydrogen-bond donors (Lipinski definition) is 2. The van der Waals surface area contributed by atoms with E-state index in [9.17, 15) is 4.79 Å². The largest absolute Gasteiger partial charge is 0.484 e. The van der Waals surface area contributed by atoms with Crippen molar-refractivity contribution in [2.45, 2.75) is 20.3 Å². The standard InChI is InChI=1S/C22H28N4O2/c1-3-26(4-2)21(27)16-28-20-11-7-18(8-12-20)15-17-5-9-19(10-6-17)25-22-23-13-14-24-22/h5-12H,3-4,13-16H2,1-2H3,(H2,23,24,25). The molecule has 1 aliphatic heterocycles. The van der Waals surface area contributed by atoms with Crippen molar-refractivity contribution in [2.75, 3.05) is 38.1 Å². The van der Waals surface area contributed by atoms with Crippen molar-refractivity contribution >= 4 is 17.6 Å². The van der Waals surface area contributed by atoms with Crippen LogP contribution in [0.3, 0.4) is 0 Å². The van der Waals surface area contributed by atoms with Crippen molar-refractivity contribution in [1.82, 2.24) is 10.2 Å². The first-order chi connectivity index (χ1) is 13.7. The van der Waals surface area contributed by atoms with Crippen molar-refractivity contribution < 1.29 is 9.53 Å². The monoisotopic (exact) mass is 380 g/mol. The van der Waals surface area contributed by atoms with E-state index >= 15 is 0 Å². The van der Waals surface area contributed by atoms with Crippen LogP contribution in [0.5, 0.6) is 5.75 Å². The summed E-state index contributed by atoms with van der Waals surface area (Å²) >= 11 is 0. The number of nitrogens with one attached hydrogen (secondary N) is 2. The molecule has 0 saturated carbocycles. The molecule has 1 heterocycles. The Labute approximate surface area is 166 Å². The molecule has 1 aliphatic rings. The van der Waals surface area contributed by atoms with Crippen LogP contribution in [-0.4, -0.2) is 49.6 Å². The fourth-order valence-electron chi connectivity index (χ4n) is 3.08. The molecule has 6 nitrogen and oxygen atoms in total. The Hall–Kier alpha value is -3.02. The maximum Gasteiger partial charge on any atom is 0.260 e. The summed E-state index contributed by atoms with van der Waals surface area (Å²) in [5, 5.41) is 6.47. The predicted molar refractivity (Wildman–Crippen MR) is 113 cm³/mol. The molecule has 0 fully saturated rings. The van der Waals surface area contributed by atoms with Gasteiger partial charge in [0, 0.05) is 25.3 Å². The van der Waals surface area contributed by atoms with Crippen molar-refractivity contribution in [3.8, 4) is 5.75 Å². The van der Waals surface area contributed by atoms with Gasteiger partial charge in [-0.15, -0.1) is 0 Å². The second-order valence-electron chi connectivity index (χ2n) is 6.65. The fraction of sp³-hybridized carbons (Fsp3) is 0.364. The van der Waals surface area contributed by atoms with Gasteiger partial charge in [-0.1, -0.05) is 24.3 Å². The zero-order chi connectivity index (χ0) is 19.8. The molecule has 1 amide bonds. The van der Waals surface area contributed by atoms with Crippen LogP contribution in [0, 0.1) is 0 Å². The minimum Gasteiger partial charge on any atom is -0.484 e. The molecule has 0 aromatic heterocycles. The first-order valence-electron chi connectivity index (χ1n) is 9.81. The number of carbonyl (C=O) groups is 1. The molecular formula is C22H28N4O2.